The number of carbonyl (C=O) groups is 1. The summed E-state index contributed by atoms with van der Waals surface area (Å²) in [5, 5.41) is 3.69. The fourth-order valence-electron chi connectivity index (χ4n) is 3.50. The molecule has 1 unspecified atom stereocenters. The van der Waals surface area contributed by atoms with Gasteiger partial charge in [-0.25, -0.2) is 8.42 Å². The minimum atomic E-state index is -3.22. The average Bonchev–Trinajstić information content (AvgIpc) is 2.86. The molecule has 8 heteroatoms. The van der Waals surface area contributed by atoms with Crippen LogP contribution < -0.4 is 0 Å². The van der Waals surface area contributed by atoms with Gasteiger partial charge in [0.1, 0.15) is 6.26 Å². The predicted octanol–water partition coefficient (Wildman–Crippen LogP) is 1.48. The van der Waals surface area contributed by atoms with Crippen molar-refractivity contribution in [1.82, 2.24) is 14.4 Å². The summed E-state index contributed by atoms with van der Waals surface area (Å²) in [4.78, 5) is 14.1. The number of likely N-dealkylation sites (tertiary alicyclic amines) is 1. The quantitative estimate of drug-likeness (QED) is 0.828. The van der Waals surface area contributed by atoms with Crippen molar-refractivity contribution < 1.29 is 17.7 Å². The molecule has 1 aromatic heterocycles. The van der Waals surface area contributed by atoms with Gasteiger partial charge in [0, 0.05) is 31.2 Å². The molecular weight excluding hydrogens is 318 g/mol. The van der Waals surface area contributed by atoms with Crippen LogP contribution in [0.1, 0.15) is 49.0 Å². The van der Waals surface area contributed by atoms with Gasteiger partial charge in [0.25, 0.3) is 5.91 Å². The Morgan fingerprint density at radius 1 is 1.22 bits per heavy atom. The molecular formula is C15H23N3O4S. The van der Waals surface area contributed by atoms with Crippen LogP contribution in [0.25, 0.3) is 0 Å². The number of nitrogens with zero attached hydrogens (tertiary/aromatic N) is 3. The molecule has 2 aliphatic rings. The third-order valence-electron chi connectivity index (χ3n) is 4.82. The molecule has 3 rings (SSSR count). The monoisotopic (exact) mass is 341 g/mol. The van der Waals surface area contributed by atoms with Crippen molar-refractivity contribution in [2.24, 2.45) is 0 Å². The summed E-state index contributed by atoms with van der Waals surface area (Å²) in [5.74, 6) is -0.144. The zero-order chi connectivity index (χ0) is 16.4. The van der Waals surface area contributed by atoms with Crippen molar-refractivity contribution in [1.29, 1.82) is 0 Å². The zero-order valence-corrected chi connectivity index (χ0v) is 14.2. The summed E-state index contributed by atoms with van der Waals surface area (Å²) in [5.41, 5.74) is 0.308. The molecule has 1 aliphatic heterocycles. The second kappa shape index (κ2) is 6.60. The van der Waals surface area contributed by atoms with E-state index in [1.165, 1.54) is 12.5 Å². The number of aromatic nitrogens is 1. The molecule has 1 aliphatic carbocycles. The number of carbonyl (C=O) groups excluding carboxylic acids is 1. The van der Waals surface area contributed by atoms with Gasteiger partial charge in [0.05, 0.1) is 6.26 Å². The first-order valence-electron chi connectivity index (χ1n) is 8.15. The number of rotatable bonds is 4. The Morgan fingerprint density at radius 3 is 2.48 bits per heavy atom. The summed E-state index contributed by atoms with van der Waals surface area (Å²) < 4.78 is 30.8. The SMILES string of the molecule is CS(=O)(=O)N(C1CCC1)C1CCCN(C(=O)c2ccon2)CC1. The summed E-state index contributed by atoms with van der Waals surface area (Å²) in [6, 6.07) is 1.69. The first-order chi connectivity index (χ1) is 11.0. The Hall–Kier alpha value is -1.41. The first kappa shape index (κ1) is 16.4. The molecule has 7 nitrogen and oxygen atoms in total. The van der Waals surface area contributed by atoms with Gasteiger partial charge in [0.2, 0.25) is 10.0 Å². The second-order valence-electron chi connectivity index (χ2n) is 6.44. The van der Waals surface area contributed by atoms with Crippen molar-refractivity contribution in [2.75, 3.05) is 19.3 Å². The topological polar surface area (TPSA) is 83.7 Å². The lowest BCUT2D eigenvalue weighted by atomic mass is 9.91. The Kier molecular flexibility index (Phi) is 4.72. The van der Waals surface area contributed by atoms with Crippen LogP contribution in [0.5, 0.6) is 0 Å². The van der Waals surface area contributed by atoms with Gasteiger partial charge in [-0.2, -0.15) is 4.31 Å². The highest BCUT2D eigenvalue weighted by molar-refractivity contribution is 7.88. The van der Waals surface area contributed by atoms with Crippen LogP contribution in [-0.4, -0.2) is 60.1 Å². The number of amides is 1. The van der Waals surface area contributed by atoms with Crippen LogP contribution in [-0.2, 0) is 10.0 Å². The van der Waals surface area contributed by atoms with Crippen LogP contribution in [0.4, 0.5) is 0 Å². The highest BCUT2D eigenvalue weighted by Crippen LogP contribution is 2.32. The summed E-state index contributed by atoms with van der Waals surface area (Å²) in [6.07, 6.45) is 7.95. The first-order valence-corrected chi connectivity index (χ1v) is 10.00. The molecule has 1 aromatic rings. The highest BCUT2D eigenvalue weighted by atomic mass is 32.2. The normalized spacial score (nSPS) is 23.6. The van der Waals surface area contributed by atoms with E-state index in [-0.39, 0.29) is 18.0 Å². The van der Waals surface area contributed by atoms with Gasteiger partial charge in [-0.1, -0.05) is 11.6 Å². The fraction of sp³-hybridized carbons (Fsp3) is 0.733. The van der Waals surface area contributed by atoms with Crippen molar-refractivity contribution >= 4 is 15.9 Å². The van der Waals surface area contributed by atoms with E-state index < -0.39 is 10.0 Å². The maximum absolute atomic E-state index is 12.4. The van der Waals surface area contributed by atoms with Crippen molar-refractivity contribution in [3.05, 3.63) is 18.0 Å². The van der Waals surface area contributed by atoms with Crippen molar-refractivity contribution in [2.45, 2.75) is 50.6 Å². The summed E-state index contributed by atoms with van der Waals surface area (Å²) >= 11 is 0. The molecule has 128 valence electrons. The van der Waals surface area contributed by atoms with Crippen LogP contribution in [0.3, 0.4) is 0 Å². The largest absolute Gasteiger partial charge is 0.364 e. The molecule has 1 saturated heterocycles. The van der Waals surface area contributed by atoms with E-state index in [1.807, 2.05) is 0 Å². The lowest BCUT2D eigenvalue weighted by Crippen LogP contribution is -2.50. The molecule has 1 amide bonds. The molecule has 2 heterocycles. The maximum atomic E-state index is 12.4. The molecule has 1 atom stereocenters. The Labute approximate surface area is 136 Å². The molecule has 0 radical (unpaired) electrons. The Morgan fingerprint density at radius 2 is 1.91 bits per heavy atom. The van der Waals surface area contributed by atoms with Crippen LogP contribution in [0.15, 0.2) is 16.9 Å². The maximum Gasteiger partial charge on any atom is 0.276 e. The minimum Gasteiger partial charge on any atom is -0.364 e. The van der Waals surface area contributed by atoms with Gasteiger partial charge in [-0.3, -0.25) is 4.79 Å². The summed E-state index contributed by atoms with van der Waals surface area (Å²) in [7, 11) is -3.22. The Balaban J connectivity index is 1.69. The third-order valence-corrected chi connectivity index (χ3v) is 6.18. The molecule has 0 N–H and O–H groups in total. The van der Waals surface area contributed by atoms with E-state index in [9.17, 15) is 13.2 Å². The van der Waals surface area contributed by atoms with E-state index in [0.29, 0.717) is 25.2 Å². The Bertz CT molecular complexity index is 640. The van der Waals surface area contributed by atoms with E-state index in [2.05, 4.69) is 5.16 Å². The van der Waals surface area contributed by atoms with Gasteiger partial charge >= 0.3 is 0 Å². The smallest absolute Gasteiger partial charge is 0.276 e. The molecule has 0 spiro atoms. The second-order valence-corrected chi connectivity index (χ2v) is 8.33. The van der Waals surface area contributed by atoms with Crippen LogP contribution in [0, 0.1) is 0 Å². The van der Waals surface area contributed by atoms with E-state index >= 15 is 0 Å². The fourth-order valence-corrected chi connectivity index (χ4v) is 5.01. The van der Waals surface area contributed by atoms with Gasteiger partial charge in [0.15, 0.2) is 5.69 Å². The predicted molar refractivity (Wildman–Crippen MR) is 84.4 cm³/mol. The van der Waals surface area contributed by atoms with Crippen molar-refractivity contribution in [3.63, 3.8) is 0 Å². The van der Waals surface area contributed by atoms with Crippen LogP contribution >= 0.6 is 0 Å². The lowest BCUT2D eigenvalue weighted by molar-refractivity contribution is 0.0747. The number of hydrogen-bond donors (Lipinski definition) is 0. The molecule has 0 bridgehead atoms. The summed E-state index contributed by atoms with van der Waals surface area (Å²) in [6.45, 7) is 1.18. The standard InChI is InChI=1S/C15H23N3O4S/c1-23(20,21)18(12-4-2-5-12)13-6-3-9-17(10-7-13)15(19)14-8-11-22-16-14/h8,11-13H,2-7,9-10H2,1H3. The van der Waals surface area contributed by atoms with Gasteiger partial charge in [-0.15, -0.1) is 0 Å². The van der Waals surface area contributed by atoms with Crippen LogP contribution in [0.2, 0.25) is 0 Å². The van der Waals surface area contributed by atoms with E-state index in [0.717, 1.165) is 32.1 Å². The molecule has 2 fully saturated rings. The molecule has 23 heavy (non-hydrogen) atoms. The minimum absolute atomic E-state index is 0.00888. The zero-order valence-electron chi connectivity index (χ0n) is 13.3. The lowest BCUT2D eigenvalue weighted by Gasteiger charge is -2.40. The van der Waals surface area contributed by atoms with Crippen molar-refractivity contribution in [3.8, 4) is 0 Å². The number of hydrogen-bond acceptors (Lipinski definition) is 5. The van der Waals surface area contributed by atoms with Gasteiger partial charge in [-0.05, 0) is 32.1 Å². The third kappa shape index (κ3) is 3.58. The number of sulfonamides is 1. The average molecular weight is 341 g/mol. The molecule has 0 aromatic carbocycles. The van der Waals surface area contributed by atoms with E-state index in [1.54, 1.807) is 15.3 Å². The molecule has 1 saturated carbocycles. The van der Waals surface area contributed by atoms with Gasteiger partial charge < -0.3 is 9.42 Å². The highest BCUT2D eigenvalue weighted by Gasteiger charge is 2.37. The van der Waals surface area contributed by atoms with E-state index in [4.69, 9.17) is 4.52 Å².